The van der Waals surface area contributed by atoms with Crippen molar-refractivity contribution in [2.75, 3.05) is 0 Å². The van der Waals surface area contributed by atoms with E-state index >= 15 is 0 Å². The highest BCUT2D eigenvalue weighted by Gasteiger charge is 2.09. The van der Waals surface area contributed by atoms with Crippen molar-refractivity contribution in [3.8, 4) is 6.07 Å². The van der Waals surface area contributed by atoms with E-state index in [2.05, 4.69) is 0 Å². The fraction of sp³-hybridized carbons (Fsp3) is 0.125. The molecule has 0 fully saturated rings. The Morgan fingerprint density at radius 3 is 2.71 bits per heavy atom. The van der Waals surface area contributed by atoms with Crippen LogP contribution in [0.25, 0.3) is 0 Å². The Bertz CT molecular complexity index is 708. The number of esters is 1. The highest BCUT2D eigenvalue weighted by atomic mass is 35.5. The number of hydrogen-bond acceptors (Lipinski definition) is 3. The minimum absolute atomic E-state index is 0.0773. The van der Waals surface area contributed by atoms with Gasteiger partial charge in [0.1, 0.15) is 6.61 Å². The van der Waals surface area contributed by atoms with Gasteiger partial charge in [0.05, 0.1) is 18.1 Å². The van der Waals surface area contributed by atoms with Crippen molar-refractivity contribution in [2.45, 2.75) is 13.0 Å². The van der Waals surface area contributed by atoms with Gasteiger partial charge in [-0.05, 0) is 35.4 Å². The van der Waals surface area contributed by atoms with Crippen molar-refractivity contribution in [3.63, 3.8) is 0 Å². The van der Waals surface area contributed by atoms with Crippen molar-refractivity contribution < 1.29 is 9.53 Å². The van der Waals surface area contributed by atoms with Crippen LogP contribution >= 0.6 is 23.2 Å². The molecule has 5 heteroatoms. The average Bonchev–Trinajstić information content (AvgIpc) is 2.48. The van der Waals surface area contributed by atoms with E-state index in [9.17, 15) is 4.79 Å². The van der Waals surface area contributed by atoms with E-state index in [1.807, 2.05) is 6.07 Å². The number of halogens is 2. The first-order chi connectivity index (χ1) is 10.1. The van der Waals surface area contributed by atoms with Crippen LogP contribution in [0.3, 0.4) is 0 Å². The number of carbonyl (C=O) groups is 1. The van der Waals surface area contributed by atoms with E-state index < -0.39 is 0 Å². The predicted octanol–water partition coefficient (Wildman–Crippen LogP) is 4.15. The molecule has 0 N–H and O–H groups in total. The summed E-state index contributed by atoms with van der Waals surface area (Å²) in [4.78, 5) is 11.8. The molecule has 0 aliphatic rings. The van der Waals surface area contributed by atoms with Crippen LogP contribution in [0.15, 0.2) is 42.5 Å². The number of benzene rings is 2. The van der Waals surface area contributed by atoms with Gasteiger partial charge in [0.15, 0.2) is 0 Å². The maximum Gasteiger partial charge on any atom is 0.310 e. The maximum absolute atomic E-state index is 11.8. The smallest absolute Gasteiger partial charge is 0.310 e. The van der Waals surface area contributed by atoms with E-state index in [4.69, 9.17) is 33.2 Å². The second-order valence-electron chi connectivity index (χ2n) is 4.39. The zero-order valence-electron chi connectivity index (χ0n) is 11.0. The van der Waals surface area contributed by atoms with Crippen molar-refractivity contribution in [1.29, 1.82) is 5.26 Å². The van der Waals surface area contributed by atoms with Crippen LogP contribution in [0.2, 0.25) is 10.0 Å². The molecule has 0 aliphatic carbocycles. The van der Waals surface area contributed by atoms with Gasteiger partial charge in [0.2, 0.25) is 0 Å². The van der Waals surface area contributed by atoms with Crippen LogP contribution in [0.1, 0.15) is 16.7 Å². The first kappa shape index (κ1) is 15.4. The highest BCUT2D eigenvalue weighted by molar-refractivity contribution is 6.35. The van der Waals surface area contributed by atoms with Gasteiger partial charge in [-0.2, -0.15) is 5.26 Å². The monoisotopic (exact) mass is 319 g/mol. The Morgan fingerprint density at radius 1 is 1.19 bits per heavy atom. The molecule has 2 aromatic carbocycles. The SMILES string of the molecule is N#Cc1cccc(COC(=O)Cc2ccc(Cl)cc2Cl)c1. The molecule has 0 saturated carbocycles. The largest absolute Gasteiger partial charge is 0.461 e. The molecular formula is C16H11Cl2NO2. The molecule has 3 nitrogen and oxygen atoms in total. The van der Waals surface area contributed by atoms with Crippen molar-refractivity contribution in [2.24, 2.45) is 0 Å². The van der Waals surface area contributed by atoms with Gasteiger partial charge in [-0.15, -0.1) is 0 Å². The summed E-state index contributed by atoms with van der Waals surface area (Å²) in [6.07, 6.45) is 0.0773. The maximum atomic E-state index is 11.8. The molecule has 2 rings (SSSR count). The standard InChI is InChI=1S/C16H11Cl2NO2/c17-14-5-4-13(15(18)8-14)7-16(20)21-10-12-3-1-2-11(6-12)9-19/h1-6,8H,7,10H2. The predicted molar refractivity (Wildman–Crippen MR) is 81.1 cm³/mol. The lowest BCUT2D eigenvalue weighted by atomic mass is 10.1. The molecular weight excluding hydrogens is 309 g/mol. The third-order valence-corrected chi connectivity index (χ3v) is 3.39. The Balaban J connectivity index is 1.94. The Kier molecular flexibility index (Phi) is 5.21. The van der Waals surface area contributed by atoms with Crippen LogP contribution in [0, 0.1) is 11.3 Å². The third kappa shape index (κ3) is 4.49. The topological polar surface area (TPSA) is 50.1 Å². The van der Waals surface area contributed by atoms with Crippen molar-refractivity contribution in [3.05, 3.63) is 69.2 Å². The fourth-order valence-electron chi connectivity index (χ4n) is 1.77. The zero-order chi connectivity index (χ0) is 15.2. The van der Waals surface area contributed by atoms with Crippen LogP contribution < -0.4 is 0 Å². The molecule has 0 amide bonds. The van der Waals surface area contributed by atoms with Crippen molar-refractivity contribution >= 4 is 29.2 Å². The van der Waals surface area contributed by atoms with Gasteiger partial charge >= 0.3 is 5.97 Å². The molecule has 0 saturated heterocycles. The molecule has 106 valence electrons. The molecule has 21 heavy (non-hydrogen) atoms. The molecule has 0 unspecified atom stereocenters. The van der Waals surface area contributed by atoms with Gasteiger partial charge in [0.25, 0.3) is 0 Å². The van der Waals surface area contributed by atoms with Crippen LogP contribution in [-0.4, -0.2) is 5.97 Å². The average molecular weight is 320 g/mol. The first-order valence-corrected chi connectivity index (χ1v) is 6.92. The van der Waals surface area contributed by atoms with Gasteiger partial charge in [-0.3, -0.25) is 4.79 Å². The molecule has 0 bridgehead atoms. The number of rotatable bonds is 4. The second kappa shape index (κ2) is 7.12. The number of ether oxygens (including phenoxy) is 1. The summed E-state index contributed by atoms with van der Waals surface area (Å²) in [7, 11) is 0. The zero-order valence-corrected chi connectivity index (χ0v) is 12.5. The summed E-state index contributed by atoms with van der Waals surface area (Å²) in [5.74, 6) is -0.387. The van der Waals surface area contributed by atoms with Crippen LogP contribution in [0.4, 0.5) is 0 Å². The molecule has 0 spiro atoms. The summed E-state index contributed by atoms with van der Waals surface area (Å²) in [6, 6.07) is 13.9. The molecule has 0 aromatic heterocycles. The van der Waals surface area contributed by atoms with Crippen LogP contribution in [0.5, 0.6) is 0 Å². The Morgan fingerprint density at radius 2 is 2.00 bits per heavy atom. The van der Waals surface area contributed by atoms with Gasteiger partial charge in [0, 0.05) is 10.0 Å². The summed E-state index contributed by atoms with van der Waals surface area (Å²) in [6.45, 7) is 0.125. The minimum atomic E-state index is -0.387. The minimum Gasteiger partial charge on any atom is -0.461 e. The summed E-state index contributed by atoms with van der Waals surface area (Å²) in [5.41, 5.74) is 1.96. The highest BCUT2D eigenvalue weighted by Crippen LogP contribution is 2.21. The molecule has 0 radical (unpaired) electrons. The molecule has 0 atom stereocenters. The number of nitrogens with zero attached hydrogens (tertiary/aromatic N) is 1. The van der Waals surface area contributed by atoms with Crippen molar-refractivity contribution in [1.82, 2.24) is 0 Å². The van der Waals surface area contributed by atoms with E-state index in [0.717, 1.165) is 5.56 Å². The van der Waals surface area contributed by atoms with Crippen LogP contribution in [-0.2, 0) is 22.6 Å². The fourth-order valence-corrected chi connectivity index (χ4v) is 2.24. The number of nitriles is 1. The van der Waals surface area contributed by atoms with Gasteiger partial charge in [-0.25, -0.2) is 0 Å². The lowest BCUT2D eigenvalue weighted by Gasteiger charge is -2.07. The van der Waals surface area contributed by atoms with Gasteiger partial charge < -0.3 is 4.74 Å². The molecule has 0 aliphatic heterocycles. The second-order valence-corrected chi connectivity index (χ2v) is 5.23. The molecule has 0 heterocycles. The summed E-state index contributed by atoms with van der Waals surface area (Å²) >= 11 is 11.8. The first-order valence-electron chi connectivity index (χ1n) is 6.17. The summed E-state index contributed by atoms with van der Waals surface area (Å²) in [5, 5.41) is 9.76. The Hall–Kier alpha value is -2.02. The Labute approximate surface area is 132 Å². The normalized spacial score (nSPS) is 9.95. The van der Waals surface area contributed by atoms with E-state index in [1.54, 1.807) is 42.5 Å². The third-order valence-electron chi connectivity index (χ3n) is 2.81. The lowest BCUT2D eigenvalue weighted by molar-refractivity contribution is -0.144. The van der Waals surface area contributed by atoms with E-state index in [-0.39, 0.29) is 19.0 Å². The number of hydrogen-bond donors (Lipinski definition) is 0. The lowest BCUT2D eigenvalue weighted by Crippen LogP contribution is -2.08. The van der Waals surface area contributed by atoms with Gasteiger partial charge in [-0.1, -0.05) is 41.4 Å². The molecule has 2 aromatic rings. The summed E-state index contributed by atoms with van der Waals surface area (Å²) < 4.78 is 5.18. The number of carbonyl (C=O) groups excluding carboxylic acids is 1. The van der Waals surface area contributed by atoms with E-state index in [0.29, 0.717) is 21.2 Å². The van der Waals surface area contributed by atoms with E-state index in [1.165, 1.54) is 0 Å². The quantitative estimate of drug-likeness (QED) is 0.795.